The van der Waals surface area contributed by atoms with Crippen LogP contribution in [0.1, 0.15) is 0 Å². The van der Waals surface area contributed by atoms with Crippen LogP contribution in [0.4, 0.5) is 0 Å². The van der Waals surface area contributed by atoms with Crippen LogP contribution in [0.3, 0.4) is 0 Å². The van der Waals surface area contributed by atoms with E-state index >= 15 is 0 Å². The van der Waals surface area contributed by atoms with Gasteiger partial charge in [0.25, 0.3) is 0 Å². The predicted molar refractivity (Wildman–Crippen MR) is 93.4 cm³/mol. The number of hydrogen-bond acceptors (Lipinski definition) is 2. The Morgan fingerprint density at radius 3 is 2.65 bits per heavy atom. The van der Waals surface area contributed by atoms with Gasteiger partial charge in [-0.2, -0.15) is 5.10 Å². The molecule has 0 fully saturated rings. The first-order chi connectivity index (χ1) is 11.4. The van der Waals surface area contributed by atoms with Crippen molar-refractivity contribution in [3.05, 3.63) is 79.0 Å². The van der Waals surface area contributed by atoms with Gasteiger partial charge < -0.3 is 0 Å². The van der Waals surface area contributed by atoms with Crippen LogP contribution in [0.15, 0.2) is 79.0 Å². The standard InChI is InChI=1S/C20H13N3/c1-2-6-20-14(4-1)7-9-17-13-19(22-23(17)20)16-8-10-18-15(12-16)5-3-11-21-18/h1-13H. The lowest BCUT2D eigenvalue weighted by atomic mass is 10.1. The van der Waals surface area contributed by atoms with Crippen molar-refractivity contribution in [3.63, 3.8) is 0 Å². The van der Waals surface area contributed by atoms with E-state index in [1.54, 1.807) is 0 Å². The van der Waals surface area contributed by atoms with E-state index in [0.29, 0.717) is 0 Å². The molecule has 108 valence electrons. The minimum atomic E-state index is 0.979. The molecule has 0 aliphatic heterocycles. The maximum Gasteiger partial charge on any atom is 0.0934 e. The Kier molecular flexibility index (Phi) is 2.50. The zero-order valence-corrected chi connectivity index (χ0v) is 12.3. The van der Waals surface area contributed by atoms with E-state index in [4.69, 9.17) is 5.10 Å². The minimum absolute atomic E-state index is 0.979. The third-order valence-corrected chi connectivity index (χ3v) is 4.23. The van der Waals surface area contributed by atoms with Gasteiger partial charge in [0, 0.05) is 22.5 Å². The van der Waals surface area contributed by atoms with Crippen LogP contribution < -0.4 is 0 Å². The molecule has 0 spiro atoms. The van der Waals surface area contributed by atoms with E-state index in [1.165, 1.54) is 5.39 Å². The summed E-state index contributed by atoms with van der Waals surface area (Å²) >= 11 is 0. The van der Waals surface area contributed by atoms with Crippen LogP contribution in [0.2, 0.25) is 0 Å². The van der Waals surface area contributed by atoms with Gasteiger partial charge in [-0.1, -0.05) is 36.4 Å². The quantitative estimate of drug-likeness (QED) is 0.448. The van der Waals surface area contributed by atoms with Crippen molar-refractivity contribution in [2.24, 2.45) is 0 Å². The molecule has 0 aliphatic rings. The molecular weight excluding hydrogens is 282 g/mol. The van der Waals surface area contributed by atoms with E-state index in [-0.39, 0.29) is 0 Å². The highest BCUT2D eigenvalue weighted by Gasteiger charge is 2.07. The fraction of sp³-hybridized carbons (Fsp3) is 0. The highest BCUT2D eigenvalue weighted by atomic mass is 15.2. The smallest absolute Gasteiger partial charge is 0.0934 e. The van der Waals surface area contributed by atoms with Gasteiger partial charge in [0.1, 0.15) is 0 Å². The Morgan fingerprint density at radius 1 is 0.739 bits per heavy atom. The summed E-state index contributed by atoms with van der Waals surface area (Å²) in [6, 6.07) is 25.0. The number of benzene rings is 2. The number of nitrogens with zero attached hydrogens (tertiary/aromatic N) is 3. The summed E-state index contributed by atoms with van der Waals surface area (Å²) < 4.78 is 2.01. The van der Waals surface area contributed by atoms with Crippen LogP contribution in [0.25, 0.3) is 38.6 Å². The van der Waals surface area contributed by atoms with Crippen LogP contribution in [-0.4, -0.2) is 14.6 Å². The largest absolute Gasteiger partial charge is 0.256 e. The fourth-order valence-corrected chi connectivity index (χ4v) is 3.08. The summed E-state index contributed by atoms with van der Waals surface area (Å²) in [4.78, 5) is 4.37. The van der Waals surface area contributed by atoms with E-state index in [0.717, 1.165) is 33.2 Å². The Bertz CT molecular complexity index is 1170. The third-order valence-electron chi connectivity index (χ3n) is 4.23. The molecule has 0 unspecified atom stereocenters. The molecule has 0 radical (unpaired) electrons. The molecule has 5 aromatic rings. The second-order valence-corrected chi connectivity index (χ2v) is 5.67. The van der Waals surface area contributed by atoms with Crippen molar-refractivity contribution < 1.29 is 0 Å². The topological polar surface area (TPSA) is 30.2 Å². The number of hydrogen-bond donors (Lipinski definition) is 0. The molecule has 0 N–H and O–H groups in total. The maximum absolute atomic E-state index is 4.81. The van der Waals surface area contributed by atoms with E-state index in [9.17, 15) is 0 Å². The predicted octanol–water partition coefficient (Wildman–Crippen LogP) is 4.70. The summed E-state index contributed by atoms with van der Waals surface area (Å²) in [7, 11) is 0. The Labute approximate surface area is 132 Å². The molecule has 3 aromatic heterocycles. The van der Waals surface area contributed by atoms with Crippen molar-refractivity contribution in [2.75, 3.05) is 0 Å². The second-order valence-electron chi connectivity index (χ2n) is 5.67. The van der Waals surface area contributed by atoms with Crippen molar-refractivity contribution in [1.82, 2.24) is 14.6 Å². The molecule has 0 saturated heterocycles. The third kappa shape index (κ3) is 1.90. The molecule has 0 amide bonds. The molecule has 3 nitrogen and oxygen atoms in total. The molecule has 23 heavy (non-hydrogen) atoms. The number of aromatic nitrogens is 3. The highest BCUT2D eigenvalue weighted by Crippen LogP contribution is 2.25. The molecule has 3 heteroatoms. The van der Waals surface area contributed by atoms with Crippen LogP contribution in [0.5, 0.6) is 0 Å². The van der Waals surface area contributed by atoms with Gasteiger partial charge in [-0.25, -0.2) is 4.52 Å². The van der Waals surface area contributed by atoms with Crippen molar-refractivity contribution >= 4 is 27.3 Å². The zero-order chi connectivity index (χ0) is 15.2. The summed E-state index contributed by atoms with van der Waals surface area (Å²) in [6.45, 7) is 0. The van der Waals surface area contributed by atoms with Gasteiger partial charge in [0.15, 0.2) is 0 Å². The summed E-state index contributed by atoms with van der Waals surface area (Å²) in [5.74, 6) is 0. The first-order valence-electron chi connectivity index (χ1n) is 7.61. The minimum Gasteiger partial charge on any atom is -0.256 e. The van der Waals surface area contributed by atoms with Crippen molar-refractivity contribution in [3.8, 4) is 11.3 Å². The second kappa shape index (κ2) is 4.65. The van der Waals surface area contributed by atoms with Gasteiger partial charge >= 0.3 is 0 Å². The summed E-state index contributed by atoms with van der Waals surface area (Å²) in [5, 5.41) is 7.14. The monoisotopic (exact) mass is 295 g/mol. The molecule has 0 atom stereocenters. The normalized spacial score (nSPS) is 11.5. The fourth-order valence-electron chi connectivity index (χ4n) is 3.08. The summed E-state index contributed by atoms with van der Waals surface area (Å²) in [6.07, 6.45) is 1.82. The Morgan fingerprint density at radius 2 is 1.65 bits per heavy atom. The molecule has 0 aliphatic carbocycles. The van der Waals surface area contributed by atoms with Crippen LogP contribution >= 0.6 is 0 Å². The highest BCUT2D eigenvalue weighted by molar-refractivity contribution is 5.86. The molecule has 0 bridgehead atoms. The number of pyridine rings is 2. The molecule has 3 heterocycles. The van der Waals surface area contributed by atoms with E-state index in [1.807, 2.05) is 28.9 Å². The van der Waals surface area contributed by atoms with Gasteiger partial charge in [-0.15, -0.1) is 0 Å². The van der Waals surface area contributed by atoms with Gasteiger partial charge in [-0.3, -0.25) is 4.98 Å². The first kappa shape index (κ1) is 12.4. The summed E-state index contributed by atoms with van der Waals surface area (Å²) in [5.41, 5.74) is 5.32. The average molecular weight is 295 g/mol. The van der Waals surface area contributed by atoms with Gasteiger partial charge in [-0.05, 0) is 36.4 Å². The average Bonchev–Trinajstić information content (AvgIpc) is 3.06. The van der Waals surface area contributed by atoms with Crippen LogP contribution in [-0.2, 0) is 0 Å². The number of para-hydroxylation sites is 1. The Balaban J connectivity index is 1.76. The molecule has 5 rings (SSSR count). The van der Waals surface area contributed by atoms with Crippen LogP contribution in [0, 0.1) is 0 Å². The SMILES string of the molecule is c1cnc2ccc(-c3cc4ccc5ccccc5n4n3)cc2c1. The van der Waals surface area contributed by atoms with E-state index in [2.05, 4.69) is 59.6 Å². The van der Waals surface area contributed by atoms with Gasteiger partial charge in [0.2, 0.25) is 0 Å². The molecule has 0 saturated carbocycles. The lowest BCUT2D eigenvalue weighted by molar-refractivity contribution is 1.01. The maximum atomic E-state index is 4.81. The van der Waals surface area contributed by atoms with E-state index < -0.39 is 0 Å². The van der Waals surface area contributed by atoms with Crippen molar-refractivity contribution in [2.45, 2.75) is 0 Å². The van der Waals surface area contributed by atoms with Gasteiger partial charge in [0.05, 0.1) is 22.2 Å². The molecule has 2 aromatic carbocycles. The number of fused-ring (bicyclic) bond motifs is 4. The Hall–Kier alpha value is -3.20. The molecular formula is C20H13N3. The lowest BCUT2D eigenvalue weighted by Gasteiger charge is -2.01. The van der Waals surface area contributed by atoms with Crippen molar-refractivity contribution in [1.29, 1.82) is 0 Å². The lowest BCUT2D eigenvalue weighted by Crippen LogP contribution is -1.90. The first-order valence-corrected chi connectivity index (χ1v) is 7.61. The number of rotatable bonds is 1. The zero-order valence-electron chi connectivity index (χ0n) is 12.3.